The van der Waals surface area contributed by atoms with Crippen molar-refractivity contribution in [3.63, 3.8) is 0 Å². The van der Waals surface area contributed by atoms with E-state index in [1.807, 2.05) is 23.4 Å². The normalized spacial score (nSPS) is 24.1. The van der Waals surface area contributed by atoms with Crippen molar-refractivity contribution in [2.24, 2.45) is 7.05 Å². The van der Waals surface area contributed by atoms with Crippen molar-refractivity contribution in [3.05, 3.63) is 12.2 Å². The van der Waals surface area contributed by atoms with Gasteiger partial charge in [0.15, 0.2) is 5.82 Å². The first-order valence-electron chi connectivity index (χ1n) is 9.08. The third-order valence-electron chi connectivity index (χ3n) is 4.97. The number of carbonyl (C=O) groups is 1. The molecule has 3 rings (SSSR count). The zero-order valence-electron chi connectivity index (χ0n) is 14.7. The van der Waals surface area contributed by atoms with Crippen LogP contribution in [0.1, 0.15) is 57.4 Å². The van der Waals surface area contributed by atoms with E-state index in [-0.39, 0.29) is 24.2 Å². The van der Waals surface area contributed by atoms with E-state index in [0.717, 1.165) is 18.7 Å². The molecule has 0 bridgehead atoms. The summed E-state index contributed by atoms with van der Waals surface area (Å²) in [6.07, 6.45) is 7.90. The lowest BCUT2D eigenvalue weighted by atomic mass is 9.97. The molecule has 1 amide bonds. The standard InChI is InChI=1S/C17H28N4O3/c1-3-14(24-13-7-5-4-6-8-13)17(22)21-9-10-23-15(11-21)16-19-18-12-20(16)2/h12-15H,3-11H2,1-2H3/t14-,15-/m0/s1. The Morgan fingerprint density at radius 3 is 2.88 bits per heavy atom. The van der Waals surface area contributed by atoms with Gasteiger partial charge >= 0.3 is 0 Å². The maximum absolute atomic E-state index is 12.9. The van der Waals surface area contributed by atoms with Gasteiger partial charge in [0.1, 0.15) is 18.5 Å². The van der Waals surface area contributed by atoms with Crippen LogP contribution in [0, 0.1) is 0 Å². The number of morpholine rings is 1. The maximum Gasteiger partial charge on any atom is 0.251 e. The Labute approximate surface area is 143 Å². The van der Waals surface area contributed by atoms with Crippen LogP contribution in [0.4, 0.5) is 0 Å². The van der Waals surface area contributed by atoms with Crippen LogP contribution in [0.15, 0.2) is 6.33 Å². The summed E-state index contributed by atoms with van der Waals surface area (Å²) in [5.41, 5.74) is 0. The number of nitrogens with zero attached hydrogens (tertiary/aromatic N) is 4. The second-order valence-corrected chi connectivity index (χ2v) is 6.74. The zero-order chi connectivity index (χ0) is 16.9. The molecule has 2 aliphatic rings. The highest BCUT2D eigenvalue weighted by molar-refractivity contribution is 5.81. The summed E-state index contributed by atoms with van der Waals surface area (Å²) in [4.78, 5) is 14.8. The van der Waals surface area contributed by atoms with E-state index in [2.05, 4.69) is 10.2 Å². The minimum absolute atomic E-state index is 0.0820. The molecule has 2 fully saturated rings. The fourth-order valence-corrected chi connectivity index (χ4v) is 3.56. The molecule has 7 nitrogen and oxygen atoms in total. The molecule has 7 heteroatoms. The molecule has 2 heterocycles. The quantitative estimate of drug-likeness (QED) is 0.821. The second kappa shape index (κ2) is 8.07. The fourth-order valence-electron chi connectivity index (χ4n) is 3.56. The summed E-state index contributed by atoms with van der Waals surface area (Å²) < 4.78 is 13.8. The Bertz CT molecular complexity index is 542. The molecule has 0 radical (unpaired) electrons. The van der Waals surface area contributed by atoms with E-state index in [0.29, 0.717) is 26.1 Å². The van der Waals surface area contributed by atoms with Gasteiger partial charge in [-0.25, -0.2) is 0 Å². The average Bonchev–Trinajstić information content (AvgIpc) is 3.06. The first kappa shape index (κ1) is 17.4. The number of carbonyl (C=O) groups excluding carboxylic acids is 1. The third kappa shape index (κ3) is 3.95. The SMILES string of the molecule is CC[C@H](OC1CCCCC1)C(=O)N1CCO[C@H](c2nncn2C)C1. The minimum atomic E-state index is -0.341. The van der Waals surface area contributed by atoms with E-state index in [9.17, 15) is 4.79 Å². The number of hydrogen-bond acceptors (Lipinski definition) is 5. The van der Waals surface area contributed by atoms with Gasteiger partial charge in [-0.2, -0.15) is 0 Å². The molecule has 0 N–H and O–H groups in total. The molecule has 0 spiro atoms. The monoisotopic (exact) mass is 336 g/mol. The smallest absolute Gasteiger partial charge is 0.251 e. The highest BCUT2D eigenvalue weighted by Crippen LogP contribution is 2.25. The summed E-state index contributed by atoms with van der Waals surface area (Å²) in [5, 5.41) is 8.01. The molecule has 1 aromatic rings. The van der Waals surface area contributed by atoms with Crippen LogP contribution in [0.3, 0.4) is 0 Å². The summed E-state index contributed by atoms with van der Waals surface area (Å²) in [5.74, 6) is 0.840. The van der Waals surface area contributed by atoms with E-state index >= 15 is 0 Å². The Morgan fingerprint density at radius 1 is 1.42 bits per heavy atom. The molecule has 24 heavy (non-hydrogen) atoms. The molecular formula is C17H28N4O3. The second-order valence-electron chi connectivity index (χ2n) is 6.74. The maximum atomic E-state index is 12.9. The molecule has 0 unspecified atom stereocenters. The van der Waals surface area contributed by atoms with Gasteiger partial charge in [0, 0.05) is 13.6 Å². The molecule has 1 aliphatic heterocycles. The molecule has 1 aliphatic carbocycles. The summed E-state index contributed by atoms with van der Waals surface area (Å²) in [7, 11) is 1.89. The molecular weight excluding hydrogens is 308 g/mol. The van der Waals surface area contributed by atoms with Crippen LogP contribution in [-0.2, 0) is 21.3 Å². The van der Waals surface area contributed by atoms with Crippen molar-refractivity contribution in [2.75, 3.05) is 19.7 Å². The van der Waals surface area contributed by atoms with Gasteiger partial charge in [-0.3, -0.25) is 4.79 Å². The topological polar surface area (TPSA) is 69.5 Å². The highest BCUT2D eigenvalue weighted by Gasteiger charge is 2.32. The van der Waals surface area contributed by atoms with Crippen molar-refractivity contribution >= 4 is 5.91 Å². The largest absolute Gasteiger partial charge is 0.366 e. The number of ether oxygens (including phenoxy) is 2. The van der Waals surface area contributed by atoms with Crippen molar-refractivity contribution in [2.45, 2.75) is 63.8 Å². The zero-order valence-corrected chi connectivity index (χ0v) is 14.7. The van der Waals surface area contributed by atoms with Gasteiger partial charge in [0.2, 0.25) is 0 Å². The Kier molecular flexibility index (Phi) is 5.84. The van der Waals surface area contributed by atoms with Gasteiger partial charge in [-0.15, -0.1) is 10.2 Å². The van der Waals surface area contributed by atoms with E-state index < -0.39 is 0 Å². The average molecular weight is 336 g/mol. The molecule has 0 aromatic carbocycles. The van der Waals surface area contributed by atoms with Crippen molar-refractivity contribution in [1.82, 2.24) is 19.7 Å². The third-order valence-corrected chi connectivity index (χ3v) is 4.97. The minimum Gasteiger partial charge on any atom is -0.366 e. The van der Waals surface area contributed by atoms with Gasteiger partial charge in [0.25, 0.3) is 5.91 Å². The van der Waals surface area contributed by atoms with Crippen LogP contribution in [0.2, 0.25) is 0 Å². The summed E-state index contributed by atoms with van der Waals surface area (Å²) >= 11 is 0. The number of hydrogen-bond donors (Lipinski definition) is 0. The van der Waals surface area contributed by atoms with Crippen LogP contribution < -0.4 is 0 Å². The summed E-state index contributed by atoms with van der Waals surface area (Å²) in [6.45, 7) is 3.66. The first-order valence-corrected chi connectivity index (χ1v) is 9.08. The Hall–Kier alpha value is -1.47. The Balaban J connectivity index is 1.60. The molecule has 1 saturated carbocycles. The van der Waals surface area contributed by atoms with Gasteiger partial charge in [0.05, 0.1) is 19.3 Å². The number of amides is 1. The van der Waals surface area contributed by atoms with E-state index in [1.54, 1.807) is 6.33 Å². The van der Waals surface area contributed by atoms with E-state index in [4.69, 9.17) is 9.47 Å². The van der Waals surface area contributed by atoms with Gasteiger partial charge in [-0.1, -0.05) is 26.2 Å². The lowest BCUT2D eigenvalue weighted by Crippen LogP contribution is -2.48. The lowest BCUT2D eigenvalue weighted by molar-refractivity contribution is -0.156. The van der Waals surface area contributed by atoms with E-state index in [1.165, 1.54) is 19.3 Å². The number of rotatable bonds is 5. The fraction of sp³-hybridized carbons (Fsp3) is 0.824. The Morgan fingerprint density at radius 2 is 2.21 bits per heavy atom. The predicted octanol–water partition coefficient (Wildman–Crippen LogP) is 1.84. The van der Waals surface area contributed by atoms with Crippen molar-refractivity contribution in [3.8, 4) is 0 Å². The predicted molar refractivity (Wildman–Crippen MR) is 88.3 cm³/mol. The number of aromatic nitrogens is 3. The van der Waals surface area contributed by atoms with Crippen molar-refractivity contribution < 1.29 is 14.3 Å². The summed E-state index contributed by atoms with van der Waals surface area (Å²) in [6, 6.07) is 0. The van der Waals surface area contributed by atoms with Gasteiger partial charge < -0.3 is 18.9 Å². The van der Waals surface area contributed by atoms with Gasteiger partial charge in [-0.05, 0) is 19.3 Å². The molecule has 1 aromatic heterocycles. The van der Waals surface area contributed by atoms with Crippen LogP contribution in [0.25, 0.3) is 0 Å². The molecule has 1 saturated heterocycles. The molecule has 134 valence electrons. The van der Waals surface area contributed by atoms with Crippen LogP contribution in [0.5, 0.6) is 0 Å². The molecule has 2 atom stereocenters. The van der Waals surface area contributed by atoms with Crippen molar-refractivity contribution in [1.29, 1.82) is 0 Å². The van der Waals surface area contributed by atoms with Crippen LogP contribution >= 0.6 is 0 Å². The lowest BCUT2D eigenvalue weighted by Gasteiger charge is -2.35. The number of aryl methyl sites for hydroxylation is 1. The first-order chi connectivity index (χ1) is 11.7. The highest BCUT2D eigenvalue weighted by atomic mass is 16.5. The van der Waals surface area contributed by atoms with Crippen LogP contribution in [-0.4, -0.2) is 57.5 Å².